The van der Waals surface area contributed by atoms with E-state index < -0.39 is 0 Å². The van der Waals surface area contributed by atoms with Crippen molar-refractivity contribution in [2.45, 2.75) is 64.1 Å². The number of nitrogens with two attached hydrogens (primary N) is 1. The number of piperidine rings is 1. The van der Waals surface area contributed by atoms with Gasteiger partial charge in [-0.15, -0.1) is 0 Å². The van der Waals surface area contributed by atoms with Gasteiger partial charge in [0.05, 0.1) is 0 Å². The van der Waals surface area contributed by atoms with Crippen LogP contribution in [0.2, 0.25) is 0 Å². The molecule has 2 unspecified atom stereocenters. The Morgan fingerprint density at radius 3 is 2.33 bits per heavy atom. The van der Waals surface area contributed by atoms with E-state index in [-0.39, 0.29) is 11.1 Å². The smallest absolute Gasteiger partial charge is 0.0170 e. The van der Waals surface area contributed by atoms with Gasteiger partial charge in [0.25, 0.3) is 0 Å². The lowest BCUT2D eigenvalue weighted by Gasteiger charge is -2.47. The average molecular weight is 170 g/mol. The van der Waals surface area contributed by atoms with Crippen LogP contribution in [0, 0.1) is 0 Å². The summed E-state index contributed by atoms with van der Waals surface area (Å²) in [6.07, 6.45) is 3.35. The normalized spacial score (nSPS) is 41.2. The van der Waals surface area contributed by atoms with Crippen LogP contribution in [-0.2, 0) is 0 Å². The van der Waals surface area contributed by atoms with E-state index in [0.717, 1.165) is 19.3 Å². The second-order valence-electron chi connectivity index (χ2n) is 5.09. The molecule has 0 aromatic rings. The summed E-state index contributed by atoms with van der Waals surface area (Å²) < 4.78 is 0. The van der Waals surface area contributed by atoms with Crippen LogP contribution in [0.3, 0.4) is 0 Å². The first-order chi connectivity index (χ1) is 5.37. The van der Waals surface area contributed by atoms with Crippen LogP contribution in [0.4, 0.5) is 0 Å². The predicted molar refractivity (Wildman–Crippen MR) is 53.1 cm³/mol. The highest BCUT2D eigenvalue weighted by Gasteiger charge is 2.37. The van der Waals surface area contributed by atoms with Crippen molar-refractivity contribution in [3.63, 3.8) is 0 Å². The Labute approximate surface area is 75.9 Å². The molecule has 2 atom stereocenters. The molecule has 1 aliphatic rings. The van der Waals surface area contributed by atoms with E-state index >= 15 is 0 Å². The van der Waals surface area contributed by atoms with Gasteiger partial charge in [-0.05, 0) is 40.0 Å². The van der Waals surface area contributed by atoms with Gasteiger partial charge in [0, 0.05) is 17.1 Å². The van der Waals surface area contributed by atoms with Crippen molar-refractivity contribution >= 4 is 0 Å². The van der Waals surface area contributed by atoms with Crippen LogP contribution in [0.1, 0.15) is 47.0 Å². The Balaban J connectivity index is 2.70. The molecule has 0 aromatic carbocycles. The zero-order valence-corrected chi connectivity index (χ0v) is 8.78. The highest BCUT2D eigenvalue weighted by atomic mass is 15.1. The molecular formula is C10H22N2. The van der Waals surface area contributed by atoms with E-state index in [1.54, 1.807) is 0 Å². The number of nitrogens with one attached hydrogen (secondary N) is 1. The van der Waals surface area contributed by atoms with Crippen LogP contribution in [-0.4, -0.2) is 17.1 Å². The molecule has 0 spiro atoms. The van der Waals surface area contributed by atoms with Crippen molar-refractivity contribution in [1.82, 2.24) is 5.32 Å². The van der Waals surface area contributed by atoms with Gasteiger partial charge in [-0.1, -0.05) is 6.92 Å². The molecular weight excluding hydrogens is 148 g/mol. The summed E-state index contributed by atoms with van der Waals surface area (Å²) in [7, 11) is 0. The van der Waals surface area contributed by atoms with Crippen molar-refractivity contribution in [2.75, 3.05) is 0 Å². The minimum atomic E-state index is 0.211. The summed E-state index contributed by atoms with van der Waals surface area (Å²) in [6.45, 7) is 8.97. The molecule has 12 heavy (non-hydrogen) atoms. The van der Waals surface area contributed by atoms with E-state index in [1.165, 1.54) is 0 Å². The zero-order valence-electron chi connectivity index (χ0n) is 8.78. The maximum Gasteiger partial charge on any atom is 0.0170 e. The van der Waals surface area contributed by atoms with Gasteiger partial charge < -0.3 is 11.1 Å². The molecule has 0 aliphatic carbocycles. The minimum Gasteiger partial charge on any atom is -0.328 e. The number of rotatable bonds is 1. The lowest BCUT2D eigenvalue weighted by atomic mass is 9.78. The SMILES string of the molecule is CCC1(C)CC(N)CC(C)(C)N1. The Kier molecular flexibility index (Phi) is 2.50. The van der Waals surface area contributed by atoms with Gasteiger partial charge in [-0.25, -0.2) is 0 Å². The molecule has 2 heteroatoms. The van der Waals surface area contributed by atoms with Crippen molar-refractivity contribution in [1.29, 1.82) is 0 Å². The van der Waals surface area contributed by atoms with Crippen LogP contribution in [0.5, 0.6) is 0 Å². The van der Waals surface area contributed by atoms with Crippen LogP contribution in [0.15, 0.2) is 0 Å². The Hall–Kier alpha value is -0.0800. The maximum absolute atomic E-state index is 6.02. The summed E-state index contributed by atoms with van der Waals surface area (Å²) in [5.41, 5.74) is 6.48. The molecule has 1 saturated heterocycles. The maximum atomic E-state index is 6.02. The molecule has 1 rings (SSSR count). The standard InChI is InChI=1S/C10H22N2/c1-5-10(4)7-8(11)6-9(2,3)12-10/h8,12H,5-7,11H2,1-4H3. The van der Waals surface area contributed by atoms with Crippen LogP contribution < -0.4 is 11.1 Å². The zero-order chi connectivity index (χ0) is 9.41. The largest absolute Gasteiger partial charge is 0.328 e. The lowest BCUT2D eigenvalue weighted by Crippen LogP contribution is -2.61. The third-order valence-corrected chi connectivity index (χ3v) is 2.91. The first-order valence-corrected chi connectivity index (χ1v) is 4.92. The second-order valence-corrected chi connectivity index (χ2v) is 5.09. The average Bonchev–Trinajstić information content (AvgIpc) is 1.82. The van der Waals surface area contributed by atoms with Crippen molar-refractivity contribution in [3.8, 4) is 0 Å². The molecule has 0 bridgehead atoms. The Morgan fingerprint density at radius 2 is 1.92 bits per heavy atom. The van der Waals surface area contributed by atoms with Gasteiger partial charge >= 0.3 is 0 Å². The molecule has 2 nitrogen and oxygen atoms in total. The van der Waals surface area contributed by atoms with E-state index in [2.05, 4.69) is 33.0 Å². The molecule has 0 amide bonds. The Bertz CT molecular complexity index is 165. The van der Waals surface area contributed by atoms with Gasteiger partial charge in [0.15, 0.2) is 0 Å². The summed E-state index contributed by atoms with van der Waals surface area (Å²) in [5, 5.41) is 3.67. The van der Waals surface area contributed by atoms with Gasteiger partial charge in [0.1, 0.15) is 0 Å². The molecule has 0 radical (unpaired) electrons. The van der Waals surface area contributed by atoms with Gasteiger partial charge in [-0.3, -0.25) is 0 Å². The summed E-state index contributed by atoms with van der Waals surface area (Å²) in [5.74, 6) is 0. The lowest BCUT2D eigenvalue weighted by molar-refractivity contribution is 0.145. The highest BCUT2D eigenvalue weighted by Crippen LogP contribution is 2.29. The Morgan fingerprint density at radius 1 is 1.33 bits per heavy atom. The summed E-state index contributed by atoms with van der Waals surface area (Å²) >= 11 is 0. The van der Waals surface area contributed by atoms with Gasteiger partial charge in [0.2, 0.25) is 0 Å². The number of hydrogen-bond donors (Lipinski definition) is 2. The second kappa shape index (κ2) is 3.00. The molecule has 1 heterocycles. The first kappa shape index (κ1) is 10.0. The van der Waals surface area contributed by atoms with Crippen LogP contribution >= 0.6 is 0 Å². The van der Waals surface area contributed by atoms with E-state index in [4.69, 9.17) is 5.73 Å². The third-order valence-electron chi connectivity index (χ3n) is 2.91. The fourth-order valence-electron chi connectivity index (χ4n) is 2.46. The van der Waals surface area contributed by atoms with Crippen molar-refractivity contribution in [2.24, 2.45) is 5.73 Å². The quantitative estimate of drug-likeness (QED) is 0.628. The monoisotopic (exact) mass is 170 g/mol. The predicted octanol–water partition coefficient (Wildman–Crippen LogP) is 1.64. The molecule has 0 aromatic heterocycles. The van der Waals surface area contributed by atoms with E-state index in [1.807, 2.05) is 0 Å². The minimum absolute atomic E-state index is 0.211. The van der Waals surface area contributed by atoms with E-state index in [0.29, 0.717) is 6.04 Å². The van der Waals surface area contributed by atoms with Crippen molar-refractivity contribution < 1.29 is 0 Å². The third kappa shape index (κ3) is 2.20. The molecule has 72 valence electrons. The highest BCUT2D eigenvalue weighted by molar-refractivity contribution is 4.99. The summed E-state index contributed by atoms with van der Waals surface area (Å²) in [4.78, 5) is 0. The van der Waals surface area contributed by atoms with Crippen LogP contribution in [0.25, 0.3) is 0 Å². The molecule has 0 saturated carbocycles. The molecule has 1 fully saturated rings. The van der Waals surface area contributed by atoms with E-state index in [9.17, 15) is 0 Å². The topological polar surface area (TPSA) is 38.0 Å². The number of hydrogen-bond acceptors (Lipinski definition) is 2. The molecule has 1 aliphatic heterocycles. The van der Waals surface area contributed by atoms with Crippen molar-refractivity contribution in [3.05, 3.63) is 0 Å². The van der Waals surface area contributed by atoms with Gasteiger partial charge in [-0.2, -0.15) is 0 Å². The fourth-order valence-corrected chi connectivity index (χ4v) is 2.46. The first-order valence-electron chi connectivity index (χ1n) is 4.92. The fraction of sp³-hybridized carbons (Fsp3) is 1.00. The molecule has 3 N–H and O–H groups in total. The summed E-state index contributed by atoms with van der Waals surface area (Å²) in [6, 6.07) is 0.367.